The van der Waals surface area contributed by atoms with Crippen LogP contribution in [0, 0.1) is 13.8 Å². The zero-order valence-electron chi connectivity index (χ0n) is 7.76. The van der Waals surface area contributed by atoms with Gasteiger partial charge in [0.2, 0.25) is 0 Å². The van der Waals surface area contributed by atoms with Crippen molar-refractivity contribution >= 4 is 0 Å². The molecule has 0 saturated heterocycles. The lowest BCUT2D eigenvalue weighted by atomic mass is 10.3. The van der Waals surface area contributed by atoms with Gasteiger partial charge in [-0.2, -0.15) is 5.10 Å². The van der Waals surface area contributed by atoms with Gasteiger partial charge < -0.3 is 0 Å². The van der Waals surface area contributed by atoms with Gasteiger partial charge in [-0.3, -0.25) is 4.68 Å². The number of aryl methyl sites for hydroxylation is 2. The summed E-state index contributed by atoms with van der Waals surface area (Å²) >= 11 is 0. The number of aromatic nitrogens is 2. The molecule has 0 bridgehead atoms. The average Bonchev–Trinajstić information content (AvgIpc) is 2.31. The standard InChI is InChI=1S/C9H16N2/c1-5-8(3)11-6-7(2)9(4)10-11/h6,8H,5H2,1-4H3. The van der Waals surface area contributed by atoms with Crippen LogP contribution in [0.3, 0.4) is 0 Å². The van der Waals surface area contributed by atoms with Crippen molar-refractivity contribution in [3.8, 4) is 0 Å². The Bertz CT molecular complexity index is 218. The number of rotatable bonds is 2. The zero-order chi connectivity index (χ0) is 8.43. The molecule has 0 saturated carbocycles. The van der Waals surface area contributed by atoms with Gasteiger partial charge in [-0.25, -0.2) is 0 Å². The van der Waals surface area contributed by atoms with Gasteiger partial charge in [0, 0.05) is 12.2 Å². The molecule has 0 aromatic carbocycles. The summed E-state index contributed by atoms with van der Waals surface area (Å²) in [4.78, 5) is 0. The minimum Gasteiger partial charge on any atom is -0.269 e. The molecule has 2 nitrogen and oxygen atoms in total. The molecule has 2 heteroatoms. The third kappa shape index (κ3) is 1.62. The Morgan fingerprint density at radius 2 is 2.18 bits per heavy atom. The highest BCUT2D eigenvalue weighted by molar-refractivity contribution is 5.12. The van der Waals surface area contributed by atoms with Crippen molar-refractivity contribution in [3.05, 3.63) is 17.5 Å². The maximum atomic E-state index is 4.40. The van der Waals surface area contributed by atoms with Crippen LogP contribution in [0.4, 0.5) is 0 Å². The molecule has 0 amide bonds. The fraction of sp³-hybridized carbons (Fsp3) is 0.667. The van der Waals surface area contributed by atoms with Gasteiger partial charge in [0.25, 0.3) is 0 Å². The molecule has 0 aliphatic rings. The van der Waals surface area contributed by atoms with Crippen molar-refractivity contribution in [1.82, 2.24) is 9.78 Å². The molecule has 1 unspecified atom stereocenters. The van der Waals surface area contributed by atoms with E-state index in [1.807, 2.05) is 11.6 Å². The summed E-state index contributed by atoms with van der Waals surface area (Å²) in [7, 11) is 0. The molecular weight excluding hydrogens is 136 g/mol. The predicted molar refractivity (Wildman–Crippen MR) is 46.7 cm³/mol. The second-order valence-corrected chi connectivity index (χ2v) is 3.13. The molecule has 0 aliphatic carbocycles. The van der Waals surface area contributed by atoms with E-state index in [1.54, 1.807) is 0 Å². The van der Waals surface area contributed by atoms with Crippen LogP contribution in [-0.2, 0) is 0 Å². The Balaban J connectivity index is 2.88. The molecule has 1 aromatic heterocycles. The number of hydrogen-bond acceptors (Lipinski definition) is 1. The third-order valence-corrected chi connectivity index (χ3v) is 2.20. The van der Waals surface area contributed by atoms with Gasteiger partial charge in [-0.1, -0.05) is 6.92 Å². The molecule has 1 atom stereocenters. The fourth-order valence-corrected chi connectivity index (χ4v) is 0.986. The van der Waals surface area contributed by atoms with Crippen LogP contribution in [0.5, 0.6) is 0 Å². The van der Waals surface area contributed by atoms with Crippen LogP contribution >= 0.6 is 0 Å². The second kappa shape index (κ2) is 3.07. The highest BCUT2D eigenvalue weighted by Crippen LogP contribution is 2.11. The number of nitrogens with zero attached hydrogens (tertiary/aromatic N) is 2. The molecule has 62 valence electrons. The SMILES string of the molecule is CCC(C)n1cc(C)c(C)n1. The minimum atomic E-state index is 0.530. The van der Waals surface area contributed by atoms with E-state index in [1.165, 1.54) is 5.56 Å². The quantitative estimate of drug-likeness (QED) is 0.636. The normalized spacial score (nSPS) is 13.5. The first kappa shape index (κ1) is 8.31. The summed E-state index contributed by atoms with van der Waals surface area (Å²) in [5.74, 6) is 0. The topological polar surface area (TPSA) is 17.8 Å². The lowest BCUT2D eigenvalue weighted by molar-refractivity contribution is 0.475. The first-order valence-electron chi connectivity index (χ1n) is 4.17. The monoisotopic (exact) mass is 152 g/mol. The Kier molecular flexibility index (Phi) is 2.32. The van der Waals surface area contributed by atoms with Crippen molar-refractivity contribution in [2.45, 2.75) is 40.2 Å². The lowest BCUT2D eigenvalue weighted by Gasteiger charge is -2.07. The van der Waals surface area contributed by atoms with Crippen molar-refractivity contribution in [3.63, 3.8) is 0 Å². The van der Waals surface area contributed by atoms with Gasteiger partial charge in [0.15, 0.2) is 0 Å². The van der Waals surface area contributed by atoms with Gasteiger partial charge >= 0.3 is 0 Å². The first-order chi connectivity index (χ1) is 5.15. The average molecular weight is 152 g/mol. The highest BCUT2D eigenvalue weighted by Gasteiger charge is 2.04. The fourth-order valence-electron chi connectivity index (χ4n) is 0.986. The Morgan fingerprint density at radius 1 is 1.55 bits per heavy atom. The molecule has 1 aromatic rings. The summed E-state index contributed by atoms with van der Waals surface area (Å²) in [6.45, 7) is 8.51. The highest BCUT2D eigenvalue weighted by atomic mass is 15.3. The van der Waals surface area contributed by atoms with Crippen molar-refractivity contribution in [2.75, 3.05) is 0 Å². The maximum Gasteiger partial charge on any atom is 0.0622 e. The Morgan fingerprint density at radius 3 is 2.55 bits per heavy atom. The van der Waals surface area contributed by atoms with E-state index in [2.05, 4.69) is 32.1 Å². The van der Waals surface area contributed by atoms with Crippen molar-refractivity contribution in [2.24, 2.45) is 0 Å². The first-order valence-corrected chi connectivity index (χ1v) is 4.17. The van der Waals surface area contributed by atoms with Gasteiger partial charge in [-0.05, 0) is 32.8 Å². The second-order valence-electron chi connectivity index (χ2n) is 3.13. The smallest absolute Gasteiger partial charge is 0.0622 e. The van der Waals surface area contributed by atoms with Crippen LogP contribution < -0.4 is 0 Å². The Hall–Kier alpha value is -0.790. The molecule has 1 heterocycles. The molecule has 0 fully saturated rings. The third-order valence-electron chi connectivity index (χ3n) is 2.20. The van der Waals surface area contributed by atoms with Gasteiger partial charge in [0.05, 0.1) is 5.69 Å². The maximum absolute atomic E-state index is 4.40. The van der Waals surface area contributed by atoms with Crippen molar-refractivity contribution in [1.29, 1.82) is 0 Å². The molecule has 1 rings (SSSR count). The predicted octanol–water partition coefficient (Wildman–Crippen LogP) is 2.47. The summed E-state index contributed by atoms with van der Waals surface area (Å²) < 4.78 is 2.05. The van der Waals surface area contributed by atoms with Crippen LogP contribution in [0.1, 0.15) is 37.6 Å². The van der Waals surface area contributed by atoms with Gasteiger partial charge in [-0.15, -0.1) is 0 Å². The summed E-state index contributed by atoms with van der Waals surface area (Å²) in [5.41, 5.74) is 2.43. The molecular formula is C9H16N2. The molecule has 0 aliphatic heterocycles. The summed E-state index contributed by atoms with van der Waals surface area (Å²) in [6, 6.07) is 0.530. The molecule has 0 N–H and O–H groups in total. The van der Waals surface area contributed by atoms with E-state index in [0.717, 1.165) is 12.1 Å². The molecule has 11 heavy (non-hydrogen) atoms. The van der Waals surface area contributed by atoms with E-state index in [0.29, 0.717) is 6.04 Å². The van der Waals surface area contributed by atoms with Crippen molar-refractivity contribution < 1.29 is 0 Å². The van der Waals surface area contributed by atoms with E-state index >= 15 is 0 Å². The lowest BCUT2D eigenvalue weighted by Crippen LogP contribution is -2.03. The van der Waals surface area contributed by atoms with Crippen LogP contribution in [-0.4, -0.2) is 9.78 Å². The minimum absolute atomic E-state index is 0.530. The number of hydrogen-bond donors (Lipinski definition) is 0. The molecule has 0 radical (unpaired) electrons. The van der Waals surface area contributed by atoms with Gasteiger partial charge in [0.1, 0.15) is 0 Å². The van der Waals surface area contributed by atoms with Crippen LogP contribution in [0.15, 0.2) is 6.20 Å². The van der Waals surface area contributed by atoms with E-state index < -0.39 is 0 Å². The largest absolute Gasteiger partial charge is 0.269 e. The zero-order valence-corrected chi connectivity index (χ0v) is 7.76. The van der Waals surface area contributed by atoms with E-state index in [9.17, 15) is 0 Å². The molecule has 0 spiro atoms. The summed E-state index contributed by atoms with van der Waals surface area (Å²) in [6.07, 6.45) is 3.25. The van der Waals surface area contributed by atoms with Crippen LogP contribution in [0.25, 0.3) is 0 Å². The Labute approximate surface area is 68.2 Å². The van der Waals surface area contributed by atoms with E-state index in [-0.39, 0.29) is 0 Å². The van der Waals surface area contributed by atoms with E-state index in [4.69, 9.17) is 0 Å². The van der Waals surface area contributed by atoms with Crippen LogP contribution in [0.2, 0.25) is 0 Å². The summed E-state index contributed by atoms with van der Waals surface area (Å²) in [5, 5.41) is 4.40.